The molecule has 3 aromatic heterocycles. The Bertz CT molecular complexity index is 746. The number of hydrogen-bond donors (Lipinski definition) is 1. The number of hydrogen-bond acceptors (Lipinski definition) is 6. The molecule has 0 aliphatic rings. The van der Waals surface area contributed by atoms with Crippen LogP contribution in [0.4, 0.5) is 0 Å². The van der Waals surface area contributed by atoms with E-state index in [9.17, 15) is 4.79 Å². The van der Waals surface area contributed by atoms with Gasteiger partial charge in [-0.05, 0) is 11.4 Å². The van der Waals surface area contributed by atoms with Gasteiger partial charge in [-0.3, -0.25) is 9.36 Å². The topological polar surface area (TPSA) is 85.3 Å². The number of nitrogens with zero attached hydrogens (tertiary/aromatic N) is 5. The first-order valence-corrected chi connectivity index (χ1v) is 6.60. The predicted molar refractivity (Wildman–Crippen MR) is 69.3 cm³/mol. The molecule has 0 saturated heterocycles. The molecule has 0 spiro atoms. The maximum atomic E-state index is 12.3. The summed E-state index contributed by atoms with van der Waals surface area (Å²) in [5.41, 5.74) is 0.186. The zero-order chi connectivity index (χ0) is 13.2. The summed E-state index contributed by atoms with van der Waals surface area (Å²) in [7, 11) is 0. The number of thiophene rings is 1. The van der Waals surface area contributed by atoms with Crippen molar-refractivity contribution in [3.8, 4) is 0 Å². The first kappa shape index (κ1) is 12.0. The van der Waals surface area contributed by atoms with Gasteiger partial charge < -0.3 is 5.11 Å². The van der Waals surface area contributed by atoms with E-state index in [4.69, 9.17) is 5.11 Å². The lowest BCUT2D eigenvalue weighted by molar-refractivity contribution is 0.274. The van der Waals surface area contributed by atoms with Crippen LogP contribution < -0.4 is 5.56 Å². The molecule has 0 saturated carbocycles. The Balaban J connectivity index is 2.13. The van der Waals surface area contributed by atoms with Crippen molar-refractivity contribution in [2.75, 3.05) is 6.61 Å². The molecule has 3 aromatic rings. The van der Waals surface area contributed by atoms with Crippen molar-refractivity contribution >= 4 is 17.1 Å². The highest BCUT2D eigenvalue weighted by Crippen LogP contribution is 2.11. The van der Waals surface area contributed by atoms with E-state index in [1.54, 1.807) is 11.3 Å². The first-order chi connectivity index (χ1) is 9.29. The van der Waals surface area contributed by atoms with Crippen LogP contribution in [0.5, 0.6) is 0 Å². The molecule has 8 heteroatoms. The number of aliphatic hydroxyl groups excluding tert-OH is 1. The van der Waals surface area contributed by atoms with Gasteiger partial charge in [-0.25, -0.2) is 0 Å². The lowest BCUT2D eigenvalue weighted by atomic mass is 10.3. The lowest BCUT2D eigenvalue weighted by Crippen LogP contribution is -2.29. The van der Waals surface area contributed by atoms with Crippen LogP contribution in [0.2, 0.25) is 0 Å². The van der Waals surface area contributed by atoms with E-state index in [0.29, 0.717) is 17.9 Å². The van der Waals surface area contributed by atoms with Crippen LogP contribution in [0.25, 0.3) is 5.78 Å². The highest BCUT2D eigenvalue weighted by atomic mass is 32.1. The molecule has 0 aliphatic carbocycles. The third kappa shape index (κ3) is 2.15. The van der Waals surface area contributed by atoms with Gasteiger partial charge in [0.2, 0.25) is 0 Å². The molecule has 98 valence electrons. The minimum Gasteiger partial charge on any atom is -0.395 e. The van der Waals surface area contributed by atoms with Crippen molar-refractivity contribution in [2.45, 2.75) is 13.0 Å². The second-order valence-electron chi connectivity index (χ2n) is 3.96. The molecule has 7 nitrogen and oxygen atoms in total. The summed E-state index contributed by atoms with van der Waals surface area (Å²) >= 11 is 1.58. The van der Waals surface area contributed by atoms with Crippen LogP contribution >= 0.6 is 11.3 Å². The molecule has 19 heavy (non-hydrogen) atoms. The molecule has 1 N–H and O–H groups in total. The third-order valence-corrected chi connectivity index (χ3v) is 3.60. The predicted octanol–water partition coefficient (Wildman–Crippen LogP) is -0.0694. The van der Waals surface area contributed by atoms with Gasteiger partial charge in [0.25, 0.3) is 11.3 Å². The zero-order valence-electron chi connectivity index (χ0n) is 9.93. The molecule has 0 unspecified atom stereocenters. The molecule has 0 amide bonds. The lowest BCUT2D eigenvalue weighted by Gasteiger charge is -2.06. The van der Waals surface area contributed by atoms with E-state index in [-0.39, 0.29) is 18.7 Å². The van der Waals surface area contributed by atoms with Gasteiger partial charge in [0.05, 0.1) is 13.2 Å². The van der Waals surface area contributed by atoms with E-state index < -0.39 is 0 Å². The summed E-state index contributed by atoms with van der Waals surface area (Å²) in [5, 5.41) is 22.8. The second kappa shape index (κ2) is 4.90. The van der Waals surface area contributed by atoms with Crippen LogP contribution in [0, 0.1) is 0 Å². The summed E-state index contributed by atoms with van der Waals surface area (Å²) in [5.74, 6) is 0.342. The normalized spacial score (nSPS) is 11.2. The van der Waals surface area contributed by atoms with Gasteiger partial charge in [-0.2, -0.15) is 9.61 Å². The summed E-state index contributed by atoms with van der Waals surface area (Å²) < 4.78 is 2.85. The van der Waals surface area contributed by atoms with E-state index in [1.807, 2.05) is 17.5 Å². The maximum absolute atomic E-state index is 12.3. The molecule has 0 aliphatic heterocycles. The van der Waals surface area contributed by atoms with Crippen molar-refractivity contribution in [2.24, 2.45) is 0 Å². The van der Waals surface area contributed by atoms with Crippen molar-refractivity contribution in [3.05, 3.63) is 44.8 Å². The van der Waals surface area contributed by atoms with Gasteiger partial charge in [0.1, 0.15) is 12.0 Å². The Hall–Kier alpha value is -2.06. The smallest absolute Gasteiger partial charge is 0.277 e. The average Bonchev–Trinajstić information content (AvgIpc) is 3.05. The fourth-order valence-electron chi connectivity index (χ4n) is 1.88. The summed E-state index contributed by atoms with van der Waals surface area (Å²) in [6, 6.07) is 3.89. The zero-order valence-corrected chi connectivity index (χ0v) is 10.7. The average molecular weight is 277 g/mol. The molecule has 3 heterocycles. The number of aromatic nitrogens is 5. The molecule has 0 radical (unpaired) electrons. The molecule has 0 bridgehead atoms. The maximum Gasteiger partial charge on any atom is 0.277 e. The van der Waals surface area contributed by atoms with Crippen molar-refractivity contribution < 1.29 is 5.11 Å². The Kier molecular flexibility index (Phi) is 3.10. The van der Waals surface area contributed by atoms with E-state index >= 15 is 0 Å². The summed E-state index contributed by atoms with van der Waals surface area (Å²) in [4.78, 5) is 13.4. The second-order valence-corrected chi connectivity index (χ2v) is 4.99. The van der Waals surface area contributed by atoms with Gasteiger partial charge in [-0.15, -0.1) is 21.5 Å². The minimum absolute atomic E-state index is 0.134. The van der Waals surface area contributed by atoms with Crippen LogP contribution in [-0.2, 0) is 13.0 Å². The summed E-state index contributed by atoms with van der Waals surface area (Å²) in [6.45, 7) is 0.0475. The molecular weight excluding hydrogens is 266 g/mol. The van der Waals surface area contributed by atoms with Crippen molar-refractivity contribution in [1.29, 1.82) is 0 Å². The van der Waals surface area contributed by atoms with Gasteiger partial charge in [0.15, 0.2) is 0 Å². The number of rotatable bonds is 4. The molecule has 0 atom stereocenters. The first-order valence-electron chi connectivity index (χ1n) is 5.72. The fourth-order valence-corrected chi connectivity index (χ4v) is 2.59. The van der Waals surface area contributed by atoms with E-state index in [1.165, 1.54) is 15.4 Å². The third-order valence-electron chi connectivity index (χ3n) is 2.72. The fraction of sp³-hybridized carbons (Fsp3) is 0.273. The number of aliphatic hydroxyl groups is 1. The SMILES string of the molecule is O=c1c(Cc2cccs2)nn2cnnc2n1CCO. The Labute approximate surface area is 111 Å². The molecular formula is C11H11N5O2S. The highest BCUT2D eigenvalue weighted by Gasteiger charge is 2.13. The van der Waals surface area contributed by atoms with Crippen molar-refractivity contribution in [3.63, 3.8) is 0 Å². The minimum atomic E-state index is -0.233. The van der Waals surface area contributed by atoms with Crippen LogP contribution in [-0.4, -0.2) is 36.1 Å². The molecule has 0 aromatic carbocycles. The van der Waals surface area contributed by atoms with Crippen LogP contribution in [0.3, 0.4) is 0 Å². The van der Waals surface area contributed by atoms with E-state index in [2.05, 4.69) is 15.3 Å². The largest absolute Gasteiger partial charge is 0.395 e. The molecule has 0 fully saturated rings. The standard InChI is InChI=1S/C11H11N5O2S/c17-4-3-15-10(18)9(6-8-2-1-5-19-8)14-16-7-12-13-11(15)16/h1-2,5,7,17H,3-4,6H2. The van der Waals surface area contributed by atoms with Crippen LogP contribution in [0.15, 0.2) is 28.6 Å². The van der Waals surface area contributed by atoms with Gasteiger partial charge in [0, 0.05) is 11.3 Å². The summed E-state index contributed by atoms with van der Waals surface area (Å²) in [6.07, 6.45) is 1.91. The Morgan fingerprint density at radius 3 is 3.05 bits per heavy atom. The molecule has 3 rings (SSSR count). The Morgan fingerprint density at radius 1 is 1.42 bits per heavy atom. The van der Waals surface area contributed by atoms with E-state index in [0.717, 1.165) is 4.88 Å². The number of fused-ring (bicyclic) bond motifs is 1. The van der Waals surface area contributed by atoms with Gasteiger partial charge in [-0.1, -0.05) is 6.07 Å². The Morgan fingerprint density at radius 2 is 2.32 bits per heavy atom. The van der Waals surface area contributed by atoms with Crippen molar-refractivity contribution in [1.82, 2.24) is 24.4 Å². The van der Waals surface area contributed by atoms with Gasteiger partial charge >= 0.3 is 0 Å². The monoisotopic (exact) mass is 277 g/mol. The van der Waals surface area contributed by atoms with Crippen LogP contribution in [0.1, 0.15) is 10.6 Å². The quantitative estimate of drug-likeness (QED) is 0.721. The highest BCUT2D eigenvalue weighted by molar-refractivity contribution is 7.09.